The predicted octanol–water partition coefficient (Wildman–Crippen LogP) is 5.20. The molecule has 11 heteroatoms. The predicted molar refractivity (Wildman–Crippen MR) is 138 cm³/mol. The van der Waals surface area contributed by atoms with E-state index in [1.54, 1.807) is 42.5 Å². The second kappa shape index (κ2) is 11.3. The standard InChI is InChI=1S/C24H19Cl2N5O3S/c1-34-20-4-2-3-16(22(20)33)13-27-28-21(32)14-35-24-30-29-23(15-5-7-17(25)8-6-15)31(24)19-11-9-18(26)10-12-19/h2-13,33H,14H2,1H3,(H,28,32). The topological polar surface area (TPSA) is 102 Å². The van der Waals surface area contributed by atoms with Crippen molar-refractivity contribution in [1.29, 1.82) is 0 Å². The molecular formula is C24H19Cl2N5O3S. The number of halogens is 2. The van der Waals surface area contributed by atoms with Crippen LogP contribution in [0.25, 0.3) is 17.1 Å². The van der Waals surface area contributed by atoms with Crippen LogP contribution in [0.2, 0.25) is 10.0 Å². The number of carbonyl (C=O) groups is 1. The van der Waals surface area contributed by atoms with Gasteiger partial charge in [0.15, 0.2) is 22.5 Å². The quantitative estimate of drug-likeness (QED) is 0.185. The summed E-state index contributed by atoms with van der Waals surface area (Å²) >= 11 is 13.3. The SMILES string of the molecule is COc1cccc(C=NNC(=O)CSc2nnc(-c3ccc(Cl)cc3)n2-c2ccc(Cl)cc2)c1O. The Morgan fingerprint density at radius 3 is 2.46 bits per heavy atom. The smallest absolute Gasteiger partial charge is 0.250 e. The lowest BCUT2D eigenvalue weighted by atomic mass is 10.2. The summed E-state index contributed by atoms with van der Waals surface area (Å²) < 4.78 is 6.91. The van der Waals surface area contributed by atoms with Crippen LogP contribution in [-0.2, 0) is 4.79 Å². The minimum Gasteiger partial charge on any atom is -0.504 e. The van der Waals surface area contributed by atoms with Crippen LogP contribution in [0.4, 0.5) is 0 Å². The van der Waals surface area contributed by atoms with Crippen LogP contribution in [-0.4, -0.2) is 44.9 Å². The molecule has 0 spiro atoms. The third-order valence-electron chi connectivity index (χ3n) is 4.80. The highest BCUT2D eigenvalue weighted by atomic mass is 35.5. The van der Waals surface area contributed by atoms with Crippen molar-refractivity contribution in [3.8, 4) is 28.6 Å². The van der Waals surface area contributed by atoms with Gasteiger partial charge in [0, 0.05) is 26.9 Å². The molecule has 0 aliphatic rings. The van der Waals surface area contributed by atoms with Crippen molar-refractivity contribution in [3.05, 3.63) is 82.3 Å². The number of phenols is 1. The number of ether oxygens (including phenoxy) is 1. The number of hydrazone groups is 1. The van der Waals surface area contributed by atoms with Crippen LogP contribution < -0.4 is 10.2 Å². The molecule has 35 heavy (non-hydrogen) atoms. The normalized spacial score (nSPS) is 11.1. The summed E-state index contributed by atoms with van der Waals surface area (Å²) in [4.78, 5) is 12.4. The lowest BCUT2D eigenvalue weighted by Crippen LogP contribution is -2.20. The molecule has 0 aliphatic carbocycles. The molecule has 0 atom stereocenters. The lowest BCUT2D eigenvalue weighted by molar-refractivity contribution is -0.118. The fourth-order valence-corrected chi connectivity index (χ4v) is 4.11. The summed E-state index contributed by atoms with van der Waals surface area (Å²) in [5, 5.41) is 24.4. The van der Waals surface area contributed by atoms with Crippen LogP contribution in [0.15, 0.2) is 77.0 Å². The Kier molecular flexibility index (Phi) is 7.91. The summed E-state index contributed by atoms with van der Waals surface area (Å²) in [6.45, 7) is 0. The van der Waals surface area contributed by atoms with E-state index in [9.17, 15) is 9.90 Å². The molecule has 178 valence electrons. The number of rotatable bonds is 8. The zero-order valence-corrected chi connectivity index (χ0v) is 20.7. The second-order valence-corrected chi connectivity index (χ2v) is 8.92. The molecular weight excluding hydrogens is 509 g/mol. The molecule has 1 aromatic heterocycles. The average molecular weight is 528 g/mol. The van der Waals surface area contributed by atoms with Gasteiger partial charge in [-0.2, -0.15) is 5.10 Å². The van der Waals surface area contributed by atoms with E-state index in [-0.39, 0.29) is 17.4 Å². The van der Waals surface area contributed by atoms with Crippen LogP contribution >= 0.6 is 35.0 Å². The second-order valence-electron chi connectivity index (χ2n) is 7.10. The molecule has 0 radical (unpaired) electrons. The number of amides is 1. The number of aromatic nitrogens is 3. The molecule has 4 aromatic rings. The van der Waals surface area contributed by atoms with Crippen LogP contribution in [0.1, 0.15) is 5.56 Å². The number of para-hydroxylation sites is 1. The van der Waals surface area contributed by atoms with E-state index in [0.29, 0.717) is 32.3 Å². The van der Waals surface area contributed by atoms with Gasteiger partial charge >= 0.3 is 0 Å². The largest absolute Gasteiger partial charge is 0.504 e. The summed E-state index contributed by atoms with van der Waals surface area (Å²) in [5.41, 5.74) is 4.46. The van der Waals surface area contributed by atoms with Gasteiger partial charge in [0.2, 0.25) is 0 Å². The van der Waals surface area contributed by atoms with E-state index in [0.717, 1.165) is 11.3 Å². The molecule has 1 heterocycles. The van der Waals surface area contributed by atoms with Crippen molar-refractivity contribution in [2.75, 3.05) is 12.9 Å². The molecule has 0 aliphatic heterocycles. The van der Waals surface area contributed by atoms with Gasteiger partial charge in [0.25, 0.3) is 5.91 Å². The number of hydrogen-bond donors (Lipinski definition) is 2. The summed E-state index contributed by atoms with van der Waals surface area (Å²) in [6.07, 6.45) is 1.34. The lowest BCUT2D eigenvalue weighted by Gasteiger charge is -2.10. The van der Waals surface area contributed by atoms with E-state index in [4.69, 9.17) is 27.9 Å². The number of hydrogen-bond acceptors (Lipinski definition) is 7. The maximum Gasteiger partial charge on any atom is 0.250 e. The Bertz CT molecular complexity index is 1360. The summed E-state index contributed by atoms with van der Waals surface area (Å²) in [5.74, 6) is 0.529. The van der Waals surface area contributed by atoms with E-state index in [1.165, 1.54) is 25.1 Å². The maximum atomic E-state index is 12.4. The summed E-state index contributed by atoms with van der Waals surface area (Å²) in [7, 11) is 1.45. The van der Waals surface area contributed by atoms with E-state index in [2.05, 4.69) is 20.7 Å². The number of methoxy groups -OCH3 is 1. The third-order valence-corrected chi connectivity index (χ3v) is 6.23. The maximum absolute atomic E-state index is 12.4. The van der Waals surface area contributed by atoms with E-state index < -0.39 is 0 Å². The fraction of sp³-hybridized carbons (Fsp3) is 0.0833. The van der Waals surface area contributed by atoms with Crippen molar-refractivity contribution in [2.24, 2.45) is 5.10 Å². The van der Waals surface area contributed by atoms with Gasteiger partial charge < -0.3 is 9.84 Å². The van der Waals surface area contributed by atoms with Gasteiger partial charge in [0.1, 0.15) is 0 Å². The van der Waals surface area contributed by atoms with Crippen LogP contribution in [0.3, 0.4) is 0 Å². The minimum atomic E-state index is -0.354. The number of carbonyl (C=O) groups excluding carboxylic acids is 1. The zero-order chi connectivity index (χ0) is 24.8. The van der Waals surface area contributed by atoms with Crippen molar-refractivity contribution >= 4 is 47.1 Å². The molecule has 0 saturated carbocycles. The molecule has 0 bridgehead atoms. The summed E-state index contributed by atoms with van der Waals surface area (Å²) in [6, 6.07) is 19.5. The first-order valence-corrected chi connectivity index (χ1v) is 12.0. The zero-order valence-electron chi connectivity index (χ0n) is 18.4. The Hall–Kier alpha value is -3.53. The van der Waals surface area contributed by atoms with Gasteiger partial charge in [-0.05, 0) is 60.7 Å². The molecule has 0 saturated heterocycles. The first-order chi connectivity index (χ1) is 17.0. The highest BCUT2D eigenvalue weighted by Crippen LogP contribution is 2.30. The molecule has 1 amide bonds. The number of aromatic hydroxyl groups is 1. The number of benzene rings is 3. The highest BCUT2D eigenvalue weighted by Gasteiger charge is 2.17. The van der Waals surface area contributed by atoms with Gasteiger partial charge in [0.05, 0.1) is 19.1 Å². The minimum absolute atomic E-state index is 0.0355. The number of phenolic OH excluding ortho intramolecular Hbond substituents is 1. The van der Waals surface area contributed by atoms with E-state index in [1.807, 2.05) is 28.8 Å². The molecule has 8 nitrogen and oxygen atoms in total. The first-order valence-electron chi connectivity index (χ1n) is 10.2. The van der Waals surface area contributed by atoms with Crippen molar-refractivity contribution in [2.45, 2.75) is 5.16 Å². The monoisotopic (exact) mass is 527 g/mol. The Balaban J connectivity index is 1.50. The van der Waals surface area contributed by atoms with Crippen LogP contribution in [0, 0.1) is 0 Å². The molecule has 4 rings (SSSR count). The van der Waals surface area contributed by atoms with Gasteiger partial charge in [-0.1, -0.05) is 41.0 Å². The van der Waals surface area contributed by atoms with Crippen molar-refractivity contribution in [3.63, 3.8) is 0 Å². The Morgan fingerprint density at radius 1 is 1.09 bits per heavy atom. The number of thioether (sulfide) groups is 1. The Morgan fingerprint density at radius 2 is 1.77 bits per heavy atom. The van der Waals surface area contributed by atoms with E-state index >= 15 is 0 Å². The Labute approximate surface area is 215 Å². The van der Waals surface area contributed by atoms with Crippen molar-refractivity contribution < 1.29 is 14.6 Å². The molecule has 3 aromatic carbocycles. The third kappa shape index (κ3) is 5.94. The van der Waals surface area contributed by atoms with Gasteiger partial charge in [-0.15, -0.1) is 10.2 Å². The molecule has 0 unspecified atom stereocenters. The highest BCUT2D eigenvalue weighted by molar-refractivity contribution is 7.99. The number of nitrogens with zero attached hydrogens (tertiary/aromatic N) is 4. The number of nitrogens with one attached hydrogen (secondary N) is 1. The van der Waals surface area contributed by atoms with Gasteiger partial charge in [-0.3, -0.25) is 9.36 Å². The van der Waals surface area contributed by atoms with Gasteiger partial charge in [-0.25, -0.2) is 5.43 Å². The molecule has 0 fully saturated rings. The fourth-order valence-electron chi connectivity index (χ4n) is 3.12. The van der Waals surface area contributed by atoms with Crippen molar-refractivity contribution in [1.82, 2.24) is 20.2 Å². The van der Waals surface area contributed by atoms with Crippen LogP contribution in [0.5, 0.6) is 11.5 Å². The first kappa shape index (κ1) is 24.6. The molecule has 2 N–H and O–H groups in total. The average Bonchev–Trinajstić information content (AvgIpc) is 3.28.